The van der Waals surface area contributed by atoms with Crippen LogP contribution < -0.4 is 5.32 Å². The molecule has 23 heavy (non-hydrogen) atoms. The minimum atomic E-state index is -1.93. The van der Waals surface area contributed by atoms with Crippen LogP contribution in [0.5, 0.6) is 0 Å². The fourth-order valence-corrected chi connectivity index (χ4v) is 2.91. The molecule has 2 aromatic rings. The van der Waals surface area contributed by atoms with Gasteiger partial charge >= 0.3 is 5.97 Å². The van der Waals surface area contributed by atoms with Crippen LogP contribution in [0, 0.1) is 0 Å². The van der Waals surface area contributed by atoms with Crippen molar-refractivity contribution in [1.82, 2.24) is 4.98 Å². The van der Waals surface area contributed by atoms with Crippen LogP contribution in [0.4, 0.5) is 5.69 Å². The van der Waals surface area contributed by atoms with E-state index in [-0.39, 0.29) is 5.41 Å². The molecule has 2 rings (SSSR count). The van der Waals surface area contributed by atoms with Crippen molar-refractivity contribution in [3.05, 3.63) is 23.2 Å². The van der Waals surface area contributed by atoms with E-state index in [9.17, 15) is 9.59 Å². The zero-order valence-electron chi connectivity index (χ0n) is 13.8. The van der Waals surface area contributed by atoms with Crippen LogP contribution in [-0.4, -0.2) is 34.7 Å². The zero-order chi connectivity index (χ0) is 17.4. The lowest BCUT2D eigenvalue weighted by atomic mass is 9.98. The number of anilines is 1. The summed E-state index contributed by atoms with van der Waals surface area (Å²) in [5.41, 5.74) is -0.619. The molecule has 6 nitrogen and oxygen atoms in total. The third-order valence-corrected chi connectivity index (χ3v) is 4.98. The number of amides is 1. The van der Waals surface area contributed by atoms with Gasteiger partial charge in [-0.3, -0.25) is 4.79 Å². The number of rotatable bonds is 4. The molecular weight excluding hydrogens is 316 g/mol. The van der Waals surface area contributed by atoms with Gasteiger partial charge in [-0.05, 0) is 25.1 Å². The summed E-state index contributed by atoms with van der Waals surface area (Å²) in [5.74, 6) is -2.07. The lowest BCUT2D eigenvalue weighted by Crippen LogP contribution is -2.48. The smallest absolute Gasteiger partial charge is 0.345 e. The molecule has 0 bridgehead atoms. The predicted molar refractivity (Wildman–Crippen MR) is 90.0 cm³/mol. The number of carbonyl (C=O) groups excluding carboxylic acids is 1. The van der Waals surface area contributed by atoms with Crippen LogP contribution in [0.25, 0.3) is 10.2 Å². The van der Waals surface area contributed by atoms with E-state index >= 15 is 0 Å². The zero-order valence-corrected chi connectivity index (χ0v) is 14.6. The third kappa shape index (κ3) is 3.35. The van der Waals surface area contributed by atoms with Crippen molar-refractivity contribution in [2.45, 2.75) is 38.7 Å². The average molecular weight is 336 g/mol. The molecule has 1 heterocycles. The number of methoxy groups -OCH3 is 1. The quantitative estimate of drug-likeness (QED) is 0.838. The van der Waals surface area contributed by atoms with Crippen LogP contribution in [0.3, 0.4) is 0 Å². The number of carbonyl (C=O) groups is 2. The topological polar surface area (TPSA) is 88.5 Å². The molecule has 124 valence electrons. The average Bonchev–Trinajstić information content (AvgIpc) is 2.89. The Bertz CT molecular complexity index is 763. The van der Waals surface area contributed by atoms with Gasteiger partial charge < -0.3 is 15.2 Å². The van der Waals surface area contributed by atoms with E-state index in [4.69, 9.17) is 9.84 Å². The minimum absolute atomic E-state index is 0.0506. The molecule has 1 aromatic carbocycles. The van der Waals surface area contributed by atoms with Gasteiger partial charge in [-0.25, -0.2) is 9.78 Å². The number of aliphatic carboxylic acids is 1. The van der Waals surface area contributed by atoms with Gasteiger partial charge in [0.15, 0.2) is 0 Å². The van der Waals surface area contributed by atoms with E-state index in [1.165, 1.54) is 14.0 Å². The second-order valence-corrected chi connectivity index (χ2v) is 7.48. The molecule has 0 aliphatic rings. The van der Waals surface area contributed by atoms with Gasteiger partial charge in [0, 0.05) is 18.2 Å². The second-order valence-electron chi connectivity index (χ2n) is 6.45. The van der Waals surface area contributed by atoms with Crippen molar-refractivity contribution in [2.75, 3.05) is 12.4 Å². The summed E-state index contributed by atoms with van der Waals surface area (Å²) in [6.07, 6.45) is 0. The highest BCUT2D eigenvalue weighted by Gasteiger charge is 2.41. The molecule has 0 spiro atoms. The van der Waals surface area contributed by atoms with E-state index in [1.54, 1.807) is 23.5 Å². The van der Waals surface area contributed by atoms with Crippen molar-refractivity contribution in [1.29, 1.82) is 0 Å². The second kappa shape index (κ2) is 5.90. The van der Waals surface area contributed by atoms with E-state index in [0.717, 1.165) is 15.2 Å². The Kier molecular flexibility index (Phi) is 4.45. The first-order chi connectivity index (χ1) is 10.6. The van der Waals surface area contributed by atoms with Gasteiger partial charge in [-0.1, -0.05) is 20.8 Å². The standard InChI is InChI=1S/C16H20N2O4S/c1-15(2,3)13-18-10-7-6-9(8-11(10)23-13)17-12(19)16(4,22-5)14(20)21/h6-8H,1-5H3,(H,17,19)(H,20,21). The Hall–Kier alpha value is -1.99. The van der Waals surface area contributed by atoms with Gasteiger partial charge in [0.05, 0.1) is 15.2 Å². The molecular formula is C16H20N2O4S. The normalized spacial score (nSPS) is 14.5. The molecule has 0 aliphatic carbocycles. The minimum Gasteiger partial charge on any atom is -0.479 e. The highest BCUT2D eigenvalue weighted by atomic mass is 32.1. The number of hydrogen-bond donors (Lipinski definition) is 2. The van der Waals surface area contributed by atoms with Crippen molar-refractivity contribution in [3.8, 4) is 0 Å². The Morgan fingerprint density at radius 1 is 1.26 bits per heavy atom. The molecule has 0 saturated carbocycles. The van der Waals surface area contributed by atoms with Crippen molar-refractivity contribution < 1.29 is 19.4 Å². The number of hydrogen-bond acceptors (Lipinski definition) is 5. The number of carboxylic acids is 1. The summed E-state index contributed by atoms with van der Waals surface area (Å²) >= 11 is 1.56. The van der Waals surface area contributed by atoms with E-state index in [0.29, 0.717) is 5.69 Å². The highest BCUT2D eigenvalue weighted by molar-refractivity contribution is 7.18. The fourth-order valence-electron chi connectivity index (χ4n) is 1.85. The summed E-state index contributed by atoms with van der Waals surface area (Å²) in [6, 6.07) is 5.30. The maximum absolute atomic E-state index is 12.2. The maximum atomic E-state index is 12.2. The summed E-state index contributed by atoms with van der Waals surface area (Å²) in [5, 5.41) is 12.7. The third-order valence-electron chi connectivity index (χ3n) is 3.54. The van der Waals surface area contributed by atoms with E-state index in [2.05, 4.69) is 31.1 Å². The summed E-state index contributed by atoms with van der Waals surface area (Å²) < 4.78 is 5.78. The van der Waals surface area contributed by atoms with Crippen LogP contribution in [0.15, 0.2) is 18.2 Å². The van der Waals surface area contributed by atoms with Crippen LogP contribution in [0.2, 0.25) is 0 Å². The van der Waals surface area contributed by atoms with Gasteiger partial charge in [0.25, 0.3) is 5.91 Å². The molecule has 1 amide bonds. The molecule has 2 N–H and O–H groups in total. The molecule has 0 fully saturated rings. The Balaban J connectivity index is 2.31. The number of carboxylic acid groups (broad SMARTS) is 1. The number of benzene rings is 1. The largest absolute Gasteiger partial charge is 0.479 e. The van der Waals surface area contributed by atoms with E-state index < -0.39 is 17.5 Å². The van der Waals surface area contributed by atoms with Gasteiger partial charge in [0.1, 0.15) is 0 Å². The van der Waals surface area contributed by atoms with E-state index in [1.807, 2.05) is 6.07 Å². The number of fused-ring (bicyclic) bond motifs is 1. The molecule has 0 aliphatic heterocycles. The number of ether oxygens (including phenoxy) is 1. The Morgan fingerprint density at radius 3 is 2.43 bits per heavy atom. The van der Waals surface area contributed by atoms with Crippen molar-refractivity contribution in [3.63, 3.8) is 0 Å². The Morgan fingerprint density at radius 2 is 1.91 bits per heavy atom. The van der Waals surface area contributed by atoms with Crippen LogP contribution in [-0.2, 0) is 19.7 Å². The number of aromatic nitrogens is 1. The lowest BCUT2D eigenvalue weighted by molar-refractivity contribution is -0.165. The van der Waals surface area contributed by atoms with Crippen LogP contribution in [0.1, 0.15) is 32.7 Å². The SMILES string of the molecule is COC(C)(C(=O)O)C(=O)Nc1ccc2nc(C(C)(C)C)sc2c1. The first-order valence-corrected chi connectivity index (χ1v) is 7.90. The first kappa shape index (κ1) is 17.4. The van der Waals surface area contributed by atoms with Gasteiger partial charge in [-0.2, -0.15) is 0 Å². The van der Waals surface area contributed by atoms with Gasteiger partial charge in [-0.15, -0.1) is 11.3 Å². The molecule has 0 radical (unpaired) electrons. The number of nitrogens with one attached hydrogen (secondary N) is 1. The lowest BCUT2D eigenvalue weighted by Gasteiger charge is -2.21. The number of thiazole rings is 1. The monoisotopic (exact) mass is 336 g/mol. The molecule has 1 unspecified atom stereocenters. The summed E-state index contributed by atoms with van der Waals surface area (Å²) in [7, 11) is 1.19. The van der Waals surface area contributed by atoms with Gasteiger partial charge in [0.2, 0.25) is 5.60 Å². The summed E-state index contributed by atoms with van der Waals surface area (Å²) in [4.78, 5) is 28.0. The molecule has 1 atom stereocenters. The summed E-state index contributed by atoms with van der Waals surface area (Å²) in [6.45, 7) is 7.48. The molecule has 1 aromatic heterocycles. The molecule has 7 heteroatoms. The Labute approximate surface area is 138 Å². The highest BCUT2D eigenvalue weighted by Crippen LogP contribution is 2.32. The van der Waals surface area contributed by atoms with Crippen molar-refractivity contribution in [2.24, 2.45) is 0 Å². The predicted octanol–water partition coefficient (Wildman–Crippen LogP) is 3.02. The van der Waals surface area contributed by atoms with Crippen molar-refractivity contribution >= 4 is 39.1 Å². The molecule has 0 saturated heterocycles. The fraction of sp³-hybridized carbons (Fsp3) is 0.438. The first-order valence-electron chi connectivity index (χ1n) is 7.09. The maximum Gasteiger partial charge on any atom is 0.345 e. The van der Waals surface area contributed by atoms with Crippen LogP contribution >= 0.6 is 11.3 Å². The number of nitrogens with zero attached hydrogens (tertiary/aromatic N) is 1.